The van der Waals surface area contributed by atoms with E-state index in [2.05, 4.69) is 24.1 Å². The lowest BCUT2D eigenvalue weighted by Gasteiger charge is -2.46. The van der Waals surface area contributed by atoms with E-state index in [0.717, 1.165) is 29.8 Å². The third-order valence-corrected chi connectivity index (χ3v) is 6.20. The summed E-state index contributed by atoms with van der Waals surface area (Å²) in [6, 6.07) is 1.58. The lowest BCUT2D eigenvalue weighted by atomic mass is 9.81. The maximum Gasteiger partial charge on any atom is 0.0249 e. The molecule has 0 bridgehead atoms. The Kier molecular flexibility index (Phi) is 5.04. The fraction of sp³-hybridized carbons (Fsp3) is 1.00. The van der Waals surface area contributed by atoms with E-state index in [1.165, 1.54) is 71.0 Å². The van der Waals surface area contributed by atoms with Crippen LogP contribution < -0.4 is 5.32 Å². The van der Waals surface area contributed by atoms with Crippen LogP contribution in [0.1, 0.15) is 65.2 Å². The molecule has 1 N–H and O–H groups in total. The van der Waals surface area contributed by atoms with Crippen molar-refractivity contribution in [1.82, 2.24) is 10.2 Å². The number of piperazine rings is 1. The molecule has 3 fully saturated rings. The van der Waals surface area contributed by atoms with Gasteiger partial charge in [-0.05, 0) is 43.4 Å². The van der Waals surface area contributed by atoms with Crippen LogP contribution in [-0.4, -0.2) is 36.6 Å². The molecule has 1 saturated heterocycles. The van der Waals surface area contributed by atoms with Gasteiger partial charge in [0.1, 0.15) is 0 Å². The Bertz CT molecular complexity index is 294. The Morgan fingerprint density at radius 1 is 1.10 bits per heavy atom. The Labute approximate surface area is 125 Å². The minimum absolute atomic E-state index is 0.735. The van der Waals surface area contributed by atoms with Crippen molar-refractivity contribution in [2.24, 2.45) is 17.8 Å². The molecule has 0 aromatic rings. The third kappa shape index (κ3) is 3.57. The topological polar surface area (TPSA) is 15.3 Å². The molecule has 20 heavy (non-hydrogen) atoms. The van der Waals surface area contributed by atoms with Crippen molar-refractivity contribution in [2.45, 2.75) is 77.3 Å². The summed E-state index contributed by atoms with van der Waals surface area (Å²) in [5.74, 6) is 2.84. The van der Waals surface area contributed by atoms with Gasteiger partial charge in [0.2, 0.25) is 0 Å². The van der Waals surface area contributed by atoms with E-state index >= 15 is 0 Å². The zero-order valence-corrected chi connectivity index (χ0v) is 13.6. The minimum Gasteiger partial charge on any atom is -0.311 e. The van der Waals surface area contributed by atoms with Crippen molar-refractivity contribution < 1.29 is 0 Å². The van der Waals surface area contributed by atoms with Crippen LogP contribution in [0.25, 0.3) is 0 Å². The van der Waals surface area contributed by atoms with Gasteiger partial charge in [-0.25, -0.2) is 0 Å². The number of rotatable bonds is 5. The van der Waals surface area contributed by atoms with E-state index < -0.39 is 0 Å². The van der Waals surface area contributed by atoms with Gasteiger partial charge >= 0.3 is 0 Å². The Morgan fingerprint density at radius 3 is 2.50 bits per heavy atom. The molecular weight excluding hydrogens is 244 g/mol. The Hall–Kier alpha value is -0.0800. The van der Waals surface area contributed by atoms with Gasteiger partial charge < -0.3 is 5.32 Å². The molecule has 1 aliphatic heterocycles. The van der Waals surface area contributed by atoms with E-state index in [1.807, 2.05) is 0 Å². The molecule has 2 nitrogen and oxygen atoms in total. The van der Waals surface area contributed by atoms with E-state index in [4.69, 9.17) is 0 Å². The molecule has 3 rings (SSSR count). The summed E-state index contributed by atoms with van der Waals surface area (Å²) in [7, 11) is 0. The highest BCUT2D eigenvalue weighted by atomic mass is 15.2. The quantitative estimate of drug-likeness (QED) is 0.825. The van der Waals surface area contributed by atoms with Gasteiger partial charge in [-0.2, -0.15) is 0 Å². The second kappa shape index (κ2) is 6.79. The summed E-state index contributed by atoms with van der Waals surface area (Å²) >= 11 is 0. The predicted molar refractivity (Wildman–Crippen MR) is 85.9 cm³/mol. The molecule has 0 aromatic carbocycles. The normalized spacial score (nSPS) is 35.1. The molecule has 3 atom stereocenters. The fourth-order valence-corrected chi connectivity index (χ4v) is 4.35. The van der Waals surface area contributed by atoms with Gasteiger partial charge in [-0.15, -0.1) is 0 Å². The lowest BCUT2D eigenvalue weighted by molar-refractivity contribution is 0.0554. The van der Waals surface area contributed by atoms with Crippen molar-refractivity contribution in [3.05, 3.63) is 0 Å². The molecule has 1 heterocycles. The molecule has 2 saturated carbocycles. The monoisotopic (exact) mass is 278 g/mol. The molecule has 0 radical (unpaired) electrons. The molecule has 3 unspecified atom stereocenters. The van der Waals surface area contributed by atoms with E-state index in [0.29, 0.717) is 0 Å². The molecular formula is C18H34N2. The predicted octanol–water partition coefficient (Wildman–Crippen LogP) is 3.67. The van der Waals surface area contributed by atoms with Gasteiger partial charge in [-0.3, -0.25) is 4.90 Å². The van der Waals surface area contributed by atoms with Crippen LogP contribution in [-0.2, 0) is 0 Å². The summed E-state index contributed by atoms with van der Waals surface area (Å²) < 4.78 is 0. The van der Waals surface area contributed by atoms with E-state index in [9.17, 15) is 0 Å². The third-order valence-electron chi connectivity index (χ3n) is 6.20. The SMILES string of the molecule is CCC(C)C1CN(CC2CC2)C(C2CCCCC2)CN1. The van der Waals surface area contributed by atoms with Crippen molar-refractivity contribution in [3.8, 4) is 0 Å². The van der Waals surface area contributed by atoms with E-state index in [1.54, 1.807) is 0 Å². The largest absolute Gasteiger partial charge is 0.311 e. The van der Waals surface area contributed by atoms with Gasteiger partial charge in [0.05, 0.1) is 0 Å². The first-order valence-electron chi connectivity index (χ1n) is 9.25. The van der Waals surface area contributed by atoms with Crippen LogP contribution in [0, 0.1) is 17.8 Å². The van der Waals surface area contributed by atoms with Crippen LogP contribution in [0.5, 0.6) is 0 Å². The molecule has 0 amide bonds. The first-order valence-corrected chi connectivity index (χ1v) is 9.25. The zero-order chi connectivity index (χ0) is 13.9. The van der Waals surface area contributed by atoms with Gasteiger partial charge in [0.25, 0.3) is 0 Å². The summed E-state index contributed by atoms with van der Waals surface area (Å²) in [5, 5.41) is 3.90. The highest BCUT2D eigenvalue weighted by Crippen LogP contribution is 2.35. The molecule has 2 heteroatoms. The summed E-state index contributed by atoms with van der Waals surface area (Å²) in [4.78, 5) is 2.90. The average Bonchev–Trinajstić information content (AvgIpc) is 3.31. The number of nitrogens with one attached hydrogen (secondary N) is 1. The van der Waals surface area contributed by atoms with Crippen molar-refractivity contribution >= 4 is 0 Å². The van der Waals surface area contributed by atoms with Crippen LogP contribution in [0.4, 0.5) is 0 Å². The second-order valence-electron chi connectivity index (χ2n) is 7.76. The number of nitrogens with zero attached hydrogens (tertiary/aromatic N) is 1. The summed E-state index contributed by atoms with van der Waals surface area (Å²) in [6.45, 7) is 8.73. The average molecular weight is 278 g/mol. The van der Waals surface area contributed by atoms with Gasteiger partial charge in [-0.1, -0.05) is 39.5 Å². The van der Waals surface area contributed by atoms with Crippen molar-refractivity contribution in [3.63, 3.8) is 0 Å². The Balaban J connectivity index is 1.62. The van der Waals surface area contributed by atoms with Crippen LogP contribution in [0.2, 0.25) is 0 Å². The molecule has 2 aliphatic carbocycles. The van der Waals surface area contributed by atoms with Crippen LogP contribution >= 0.6 is 0 Å². The molecule has 3 aliphatic rings. The van der Waals surface area contributed by atoms with Gasteiger partial charge in [0.15, 0.2) is 0 Å². The minimum atomic E-state index is 0.735. The molecule has 116 valence electrons. The zero-order valence-electron chi connectivity index (χ0n) is 13.6. The van der Waals surface area contributed by atoms with Crippen LogP contribution in [0.15, 0.2) is 0 Å². The Morgan fingerprint density at radius 2 is 1.85 bits per heavy atom. The van der Waals surface area contributed by atoms with Crippen molar-refractivity contribution in [2.75, 3.05) is 19.6 Å². The second-order valence-corrected chi connectivity index (χ2v) is 7.76. The lowest BCUT2D eigenvalue weighted by Crippen LogP contribution is -2.61. The maximum atomic E-state index is 3.90. The first kappa shape index (κ1) is 14.8. The van der Waals surface area contributed by atoms with Crippen molar-refractivity contribution in [1.29, 1.82) is 0 Å². The molecule has 0 aromatic heterocycles. The fourth-order valence-electron chi connectivity index (χ4n) is 4.35. The highest BCUT2D eigenvalue weighted by Gasteiger charge is 2.37. The number of hydrogen-bond acceptors (Lipinski definition) is 2. The smallest absolute Gasteiger partial charge is 0.0249 e. The maximum absolute atomic E-state index is 3.90. The van der Waals surface area contributed by atoms with Gasteiger partial charge in [0, 0.05) is 31.7 Å². The van der Waals surface area contributed by atoms with E-state index in [-0.39, 0.29) is 0 Å². The summed E-state index contributed by atoms with van der Waals surface area (Å²) in [6.07, 6.45) is 11.7. The molecule has 0 spiro atoms. The first-order chi connectivity index (χ1) is 9.78. The number of hydrogen-bond donors (Lipinski definition) is 1. The van der Waals surface area contributed by atoms with Crippen LogP contribution in [0.3, 0.4) is 0 Å². The highest BCUT2D eigenvalue weighted by molar-refractivity contribution is 4.94. The summed E-state index contributed by atoms with van der Waals surface area (Å²) in [5.41, 5.74) is 0. The standard InChI is InChI=1S/C18H34N2/c1-3-14(2)17-13-20(12-15-9-10-15)18(11-19-17)16-7-5-4-6-8-16/h14-19H,3-13H2,1-2H3.